The molecule has 0 spiro atoms. The van der Waals surface area contributed by atoms with E-state index in [9.17, 15) is 4.79 Å². The van der Waals surface area contributed by atoms with Crippen molar-refractivity contribution >= 4 is 5.91 Å². The minimum Gasteiger partial charge on any atom is -0.492 e. The van der Waals surface area contributed by atoms with Crippen LogP contribution in [0.5, 0.6) is 5.75 Å². The third kappa shape index (κ3) is 6.05. The van der Waals surface area contributed by atoms with Gasteiger partial charge in [-0.2, -0.15) is 0 Å². The number of hydrogen-bond acceptors (Lipinski definition) is 5. The molecule has 6 heteroatoms. The topological polar surface area (TPSA) is 60.0 Å². The monoisotopic (exact) mass is 384 g/mol. The van der Waals surface area contributed by atoms with E-state index < -0.39 is 0 Å². The summed E-state index contributed by atoms with van der Waals surface area (Å²) in [7, 11) is 1.62. The highest BCUT2D eigenvalue weighted by Gasteiger charge is 2.11. The highest BCUT2D eigenvalue weighted by atomic mass is 16.5. The Morgan fingerprint density at radius 2 is 1.96 bits per heavy atom. The summed E-state index contributed by atoms with van der Waals surface area (Å²) in [4.78, 5) is 14.9. The highest BCUT2D eigenvalue weighted by Crippen LogP contribution is 2.14. The van der Waals surface area contributed by atoms with E-state index in [4.69, 9.17) is 14.2 Å². The van der Waals surface area contributed by atoms with Crippen LogP contribution in [0, 0.1) is 0 Å². The minimum absolute atomic E-state index is 0.105. The summed E-state index contributed by atoms with van der Waals surface area (Å²) in [6.45, 7) is 5.89. The van der Waals surface area contributed by atoms with Crippen LogP contribution in [0.15, 0.2) is 48.5 Å². The Morgan fingerprint density at radius 1 is 1.14 bits per heavy atom. The second-order valence-electron chi connectivity index (χ2n) is 6.72. The van der Waals surface area contributed by atoms with Gasteiger partial charge in [0, 0.05) is 38.9 Å². The molecule has 1 aliphatic rings. The summed E-state index contributed by atoms with van der Waals surface area (Å²) < 4.78 is 16.4. The molecule has 0 saturated carbocycles. The molecule has 0 aromatic heterocycles. The van der Waals surface area contributed by atoms with E-state index in [0.717, 1.165) is 49.7 Å². The standard InChI is InChI=1S/C22H28N2O4/c1-26-17-19-6-2-3-8-21(19)22(25)23-16-18-5-4-7-20(15-18)28-14-11-24-9-12-27-13-10-24/h2-8,15H,9-14,16-17H2,1H3,(H,23,25). The van der Waals surface area contributed by atoms with E-state index in [-0.39, 0.29) is 5.91 Å². The molecule has 2 aromatic carbocycles. The third-order valence-corrected chi connectivity index (χ3v) is 4.69. The van der Waals surface area contributed by atoms with Gasteiger partial charge in [0.15, 0.2) is 0 Å². The van der Waals surface area contributed by atoms with Gasteiger partial charge in [0.25, 0.3) is 5.91 Å². The van der Waals surface area contributed by atoms with Crippen LogP contribution in [-0.2, 0) is 22.6 Å². The van der Waals surface area contributed by atoms with E-state index >= 15 is 0 Å². The zero-order valence-corrected chi connectivity index (χ0v) is 16.4. The lowest BCUT2D eigenvalue weighted by molar-refractivity contribution is 0.0322. The number of rotatable bonds is 9. The summed E-state index contributed by atoms with van der Waals surface area (Å²) in [6.07, 6.45) is 0. The lowest BCUT2D eigenvalue weighted by Crippen LogP contribution is -2.38. The van der Waals surface area contributed by atoms with Crippen LogP contribution in [0.25, 0.3) is 0 Å². The summed E-state index contributed by atoms with van der Waals surface area (Å²) in [5.74, 6) is 0.714. The fourth-order valence-electron chi connectivity index (χ4n) is 3.16. The maximum atomic E-state index is 12.5. The average molecular weight is 384 g/mol. The molecule has 2 aromatic rings. The van der Waals surface area contributed by atoms with E-state index in [0.29, 0.717) is 25.3 Å². The molecule has 1 aliphatic heterocycles. The quantitative estimate of drug-likeness (QED) is 0.720. The van der Waals surface area contributed by atoms with Gasteiger partial charge in [-0.3, -0.25) is 9.69 Å². The lowest BCUT2D eigenvalue weighted by Gasteiger charge is -2.26. The first-order valence-electron chi connectivity index (χ1n) is 9.63. The van der Waals surface area contributed by atoms with Gasteiger partial charge in [-0.05, 0) is 29.3 Å². The van der Waals surface area contributed by atoms with Gasteiger partial charge >= 0.3 is 0 Å². The van der Waals surface area contributed by atoms with Gasteiger partial charge in [-0.1, -0.05) is 30.3 Å². The van der Waals surface area contributed by atoms with E-state index in [1.807, 2.05) is 48.5 Å². The van der Waals surface area contributed by atoms with Crippen molar-refractivity contribution < 1.29 is 19.0 Å². The van der Waals surface area contributed by atoms with Crippen molar-refractivity contribution in [3.05, 3.63) is 65.2 Å². The number of nitrogens with one attached hydrogen (secondary N) is 1. The van der Waals surface area contributed by atoms with Crippen LogP contribution in [-0.4, -0.2) is 57.4 Å². The van der Waals surface area contributed by atoms with Crippen molar-refractivity contribution in [1.29, 1.82) is 0 Å². The Hall–Kier alpha value is -2.41. The molecule has 1 fully saturated rings. The zero-order chi connectivity index (χ0) is 19.6. The maximum Gasteiger partial charge on any atom is 0.251 e. The molecule has 1 amide bonds. The summed E-state index contributed by atoms with van der Waals surface area (Å²) >= 11 is 0. The normalized spacial score (nSPS) is 14.6. The predicted molar refractivity (Wildman–Crippen MR) is 108 cm³/mol. The first-order valence-corrected chi connectivity index (χ1v) is 9.63. The smallest absolute Gasteiger partial charge is 0.251 e. The van der Waals surface area contributed by atoms with Gasteiger partial charge in [0.2, 0.25) is 0 Å². The molecule has 0 radical (unpaired) electrons. The Kier molecular flexibility index (Phi) is 7.84. The number of ether oxygens (including phenoxy) is 3. The Labute approximate surface area is 166 Å². The third-order valence-electron chi connectivity index (χ3n) is 4.69. The Balaban J connectivity index is 1.49. The summed E-state index contributed by atoms with van der Waals surface area (Å²) in [6, 6.07) is 15.3. The average Bonchev–Trinajstić information content (AvgIpc) is 2.74. The van der Waals surface area contributed by atoms with Gasteiger partial charge in [-0.15, -0.1) is 0 Å². The Bertz CT molecular complexity index is 760. The van der Waals surface area contributed by atoms with Gasteiger partial charge in [0.1, 0.15) is 12.4 Å². The van der Waals surface area contributed by atoms with E-state index in [1.165, 1.54) is 0 Å². The molecule has 0 aliphatic carbocycles. The number of amides is 1. The van der Waals surface area contributed by atoms with Crippen LogP contribution < -0.4 is 10.1 Å². The summed E-state index contributed by atoms with van der Waals surface area (Å²) in [5.41, 5.74) is 2.52. The van der Waals surface area contributed by atoms with Crippen LogP contribution >= 0.6 is 0 Å². The van der Waals surface area contributed by atoms with Crippen molar-refractivity contribution in [1.82, 2.24) is 10.2 Å². The zero-order valence-electron chi connectivity index (χ0n) is 16.4. The number of hydrogen-bond donors (Lipinski definition) is 1. The van der Waals surface area contributed by atoms with Crippen LogP contribution in [0.1, 0.15) is 21.5 Å². The van der Waals surface area contributed by atoms with Gasteiger partial charge in [0.05, 0.1) is 19.8 Å². The molecule has 6 nitrogen and oxygen atoms in total. The molecular formula is C22H28N2O4. The minimum atomic E-state index is -0.105. The van der Waals surface area contributed by atoms with Crippen molar-refractivity contribution in [2.45, 2.75) is 13.2 Å². The molecule has 1 saturated heterocycles. The number of nitrogens with zero attached hydrogens (tertiary/aromatic N) is 1. The van der Waals surface area contributed by atoms with Crippen molar-refractivity contribution in [3.8, 4) is 5.75 Å². The van der Waals surface area contributed by atoms with Crippen LogP contribution in [0.3, 0.4) is 0 Å². The number of methoxy groups -OCH3 is 1. The fraction of sp³-hybridized carbons (Fsp3) is 0.409. The number of morpholine rings is 1. The SMILES string of the molecule is COCc1ccccc1C(=O)NCc1cccc(OCCN2CCOCC2)c1. The van der Waals surface area contributed by atoms with E-state index in [2.05, 4.69) is 10.2 Å². The largest absolute Gasteiger partial charge is 0.492 e. The molecule has 150 valence electrons. The molecule has 28 heavy (non-hydrogen) atoms. The number of carbonyl (C=O) groups is 1. The van der Waals surface area contributed by atoms with Crippen LogP contribution in [0.4, 0.5) is 0 Å². The molecule has 0 bridgehead atoms. The summed E-state index contributed by atoms with van der Waals surface area (Å²) in [5, 5.41) is 2.98. The second kappa shape index (κ2) is 10.8. The lowest BCUT2D eigenvalue weighted by atomic mass is 10.1. The molecule has 0 atom stereocenters. The number of benzene rings is 2. The van der Waals surface area contributed by atoms with Crippen molar-refractivity contribution in [2.75, 3.05) is 46.6 Å². The molecular weight excluding hydrogens is 356 g/mol. The number of carbonyl (C=O) groups excluding carboxylic acids is 1. The molecule has 1 N–H and O–H groups in total. The maximum absolute atomic E-state index is 12.5. The van der Waals surface area contributed by atoms with Gasteiger partial charge in [-0.25, -0.2) is 0 Å². The Morgan fingerprint density at radius 3 is 2.79 bits per heavy atom. The fourth-order valence-corrected chi connectivity index (χ4v) is 3.16. The highest BCUT2D eigenvalue weighted by molar-refractivity contribution is 5.95. The van der Waals surface area contributed by atoms with Crippen LogP contribution in [0.2, 0.25) is 0 Å². The first-order chi connectivity index (χ1) is 13.8. The molecule has 3 rings (SSSR count). The predicted octanol–water partition coefficient (Wildman–Crippen LogP) is 2.47. The molecule has 0 unspecified atom stereocenters. The van der Waals surface area contributed by atoms with Crippen molar-refractivity contribution in [3.63, 3.8) is 0 Å². The van der Waals surface area contributed by atoms with E-state index in [1.54, 1.807) is 7.11 Å². The second-order valence-corrected chi connectivity index (χ2v) is 6.72. The van der Waals surface area contributed by atoms with Crippen molar-refractivity contribution in [2.24, 2.45) is 0 Å². The van der Waals surface area contributed by atoms with Gasteiger partial charge < -0.3 is 19.5 Å². The first kappa shape index (κ1) is 20.3. The molecule has 1 heterocycles.